The van der Waals surface area contributed by atoms with Gasteiger partial charge in [0.15, 0.2) is 5.69 Å². The predicted molar refractivity (Wildman–Crippen MR) is 96.0 cm³/mol. The van der Waals surface area contributed by atoms with E-state index in [1.54, 1.807) is 24.3 Å². The molecule has 7 heteroatoms. The second-order valence-electron chi connectivity index (χ2n) is 6.15. The smallest absolute Gasteiger partial charge is 0.357 e. The summed E-state index contributed by atoms with van der Waals surface area (Å²) in [5.41, 5.74) is 7.16. The third-order valence-corrected chi connectivity index (χ3v) is 4.58. The number of carbonyl (C=O) groups excluding carboxylic acids is 2. The van der Waals surface area contributed by atoms with Crippen molar-refractivity contribution in [3.63, 3.8) is 0 Å². The molecule has 3 rings (SSSR count). The summed E-state index contributed by atoms with van der Waals surface area (Å²) >= 11 is 0. The maximum Gasteiger partial charge on any atom is 0.357 e. The van der Waals surface area contributed by atoms with Gasteiger partial charge in [0.25, 0.3) is 5.91 Å². The Morgan fingerprint density at radius 1 is 1.19 bits per heavy atom. The maximum absolute atomic E-state index is 13.0. The van der Waals surface area contributed by atoms with E-state index in [1.807, 2.05) is 11.0 Å². The Morgan fingerprint density at radius 3 is 2.54 bits per heavy atom. The number of piperidine rings is 1. The van der Waals surface area contributed by atoms with E-state index in [2.05, 4.69) is 0 Å². The van der Waals surface area contributed by atoms with E-state index < -0.39 is 5.97 Å². The van der Waals surface area contributed by atoms with Crippen LogP contribution in [-0.4, -0.2) is 41.5 Å². The predicted octanol–water partition coefficient (Wildman–Crippen LogP) is 2.34. The highest BCUT2D eigenvalue weighted by Gasteiger charge is 2.26. The molecule has 1 amide bonds. The molecule has 1 fully saturated rings. The highest BCUT2D eigenvalue weighted by Crippen LogP contribution is 2.27. The summed E-state index contributed by atoms with van der Waals surface area (Å²) in [5, 5.41) is 9.27. The van der Waals surface area contributed by atoms with Gasteiger partial charge in [0.1, 0.15) is 6.07 Å². The number of nitrogen functional groups attached to an aromatic ring is 1. The first kappa shape index (κ1) is 17.5. The molecule has 2 N–H and O–H groups in total. The number of benzene rings is 1. The third-order valence-electron chi connectivity index (χ3n) is 4.58. The zero-order chi connectivity index (χ0) is 18.7. The van der Waals surface area contributed by atoms with Crippen molar-refractivity contribution >= 4 is 17.6 Å². The average Bonchev–Trinajstić information content (AvgIpc) is 3.03. The normalized spacial score (nSPS) is 13.9. The van der Waals surface area contributed by atoms with Gasteiger partial charge in [-0.3, -0.25) is 4.79 Å². The van der Waals surface area contributed by atoms with Crippen molar-refractivity contribution in [3.8, 4) is 11.8 Å². The van der Waals surface area contributed by atoms with Crippen LogP contribution in [0.5, 0.6) is 0 Å². The first-order valence-corrected chi connectivity index (χ1v) is 8.46. The van der Waals surface area contributed by atoms with Gasteiger partial charge in [-0.25, -0.2) is 4.79 Å². The molecule has 0 aliphatic carbocycles. The van der Waals surface area contributed by atoms with E-state index >= 15 is 0 Å². The Morgan fingerprint density at radius 2 is 1.88 bits per heavy atom. The Balaban J connectivity index is 2.13. The number of hydrogen-bond donors (Lipinski definition) is 1. The van der Waals surface area contributed by atoms with Gasteiger partial charge in [-0.2, -0.15) is 5.26 Å². The molecule has 0 unspecified atom stereocenters. The molecule has 2 heterocycles. The number of ether oxygens (including phenoxy) is 1. The monoisotopic (exact) mass is 352 g/mol. The molecule has 1 aromatic carbocycles. The molecular formula is C19H20N4O3. The van der Waals surface area contributed by atoms with E-state index in [0.717, 1.165) is 19.3 Å². The first-order valence-electron chi connectivity index (χ1n) is 8.46. The van der Waals surface area contributed by atoms with Crippen molar-refractivity contribution < 1.29 is 14.3 Å². The number of rotatable bonds is 3. The molecule has 1 saturated heterocycles. The van der Waals surface area contributed by atoms with Gasteiger partial charge in [0.2, 0.25) is 0 Å². The van der Waals surface area contributed by atoms with Crippen LogP contribution >= 0.6 is 0 Å². The minimum atomic E-state index is -0.663. The fourth-order valence-corrected chi connectivity index (χ4v) is 3.24. The fourth-order valence-electron chi connectivity index (χ4n) is 3.24. The number of hydrogen-bond acceptors (Lipinski definition) is 5. The molecular weight excluding hydrogens is 332 g/mol. The molecule has 0 saturated carbocycles. The number of nitriles is 1. The lowest BCUT2D eigenvalue weighted by Crippen LogP contribution is -2.36. The van der Waals surface area contributed by atoms with E-state index in [0.29, 0.717) is 24.3 Å². The number of anilines is 1. The number of carbonyl (C=O) groups is 2. The van der Waals surface area contributed by atoms with Crippen molar-refractivity contribution in [2.24, 2.45) is 0 Å². The lowest BCUT2D eigenvalue weighted by molar-refractivity contribution is 0.0591. The molecule has 1 aliphatic rings. The van der Waals surface area contributed by atoms with Crippen LogP contribution < -0.4 is 5.73 Å². The number of nitrogens with zero attached hydrogens (tertiary/aromatic N) is 3. The highest BCUT2D eigenvalue weighted by molar-refractivity contribution is 6.00. The first-order chi connectivity index (χ1) is 12.6. The Hall–Kier alpha value is -3.27. The van der Waals surface area contributed by atoms with Crippen LogP contribution in [0, 0.1) is 11.3 Å². The van der Waals surface area contributed by atoms with Gasteiger partial charge in [0.05, 0.1) is 29.6 Å². The van der Waals surface area contributed by atoms with Gasteiger partial charge in [-0.05, 0) is 31.4 Å². The summed E-state index contributed by atoms with van der Waals surface area (Å²) in [6.07, 6.45) is 4.55. The number of nitrogens with two attached hydrogens (primary N) is 1. The third kappa shape index (κ3) is 3.02. The van der Waals surface area contributed by atoms with Crippen molar-refractivity contribution in [3.05, 3.63) is 47.3 Å². The molecule has 1 aromatic heterocycles. The zero-order valence-corrected chi connectivity index (χ0v) is 14.6. The Kier molecular flexibility index (Phi) is 4.94. The van der Waals surface area contributed by atoms with E-state index in [-0.39, 0.29) is 22.9 Å². The molecule has 134 valence electrons. The minimum absolute atomic E-state index is 0.0413. The van der Waals surface area contributed by atoms with Crippen LogP contribution in [0.2, 0.25) is 0 Å². The number of esters is 1. The highest BCUT2D eigenvalue weighted by atomic mass is 16.5. The minimum Gasteiger partial charge on any atom is -0.464 e. The SMILES string of the molecule is COC(=O)c1c(N)c(C#N)cn1-c1ccccc1C(=O)N1CCCCC1. The van der Waals surface area contributed by atoms with Crippen molar-refractivity contribution in [2.45, 2.75) is 19.3 Å². The number of para-hydroxylation sites is 1. The molecule has 26 heavy (non-hydrogen) atoms. The van der Waals surface area contributed by atoms with Crippen molar-refractivity contribution in [1.29, 1.82) is 5.26 Å². The summed E-state index contributed by atoms with van der Waals surface area (Å²) in [6, 6.07) is 8.96. The van der Waals surface area contributed by atoms with E-state index in [1.165, 1.54) is 17.9 Å². The molecule has 7 nitrogen and oxygen atoms in total. The van der Waals surface area contributed by atoms with Gasteiger partial charge < -0.3 is 19.9 Å². The molecule has 0 spiro atoms. The summed E-state index contributed by atoms with van der Waals surface area (Å²) in [6.45, 7) is 1.43. The fraction of sp³-hybridized carbons (Fsp3) is 0.316. The molecule has 0 bridgehead atoms. The Bertz CT molecular complexity index is 889. The number of aromatic nitrogens is 1. The molecule has 2 aromatic rings. The summed E-state index contributed by atoms with van der Waals surface area (Å²) in [7, 11) is 1.25. The van der Waals surface area contributed by atoms with Crippen LogP contribution in [0.4, 0.5) is 5.69 Å². The van der Waals surface area contributed by atoms with Crippen LogP contribution in [0.1, 0.15) is 45.7 Å². The van der Waals surface area contributed by atoms with Gasteiger partial charge >= 0.3 is 5.97 Å². The summed E-state index contributed by atoms with van der Waals surface area (Å²) < 4.78 is 6.28. The standard InChI is InChI=1S/C19H20N4O3/c1-26-19(25)17-16(21)13(11-20)12-23(17)15-8-4-3-7-14(15)18(24)22-9-5-2-6-10-22/h3-4,7-8,12H,2,5-6,9-10,21H2,1H3. The number of methoxy groups -OCH3 is 1. The van der Waals surface area contributed by atoms with Crippen molar-refractivity contribution in [1.82, 2.24) is 9.47 Å². The van der Waals surface area contributed by atoms with Crippen LogP contribution in [0.15, 0.2) is 30.5 Å². The second kappa shape index (κ2) is 7.31. The summed E-state index contributed by atoms with van der Waals surface area (Å²) in [4.78, 5) is 27.0. The zero-order valence-electron chi connectivity index (χ0n) is 14.6. The van der Waals surface area contributed by atoms with Crippen LogP contribution in [0.3, 0.4) is 0 Å². The maximum atomic E-state index is 13.0. The molecule has 0 radical (unpaired) electrons. The molecule has 0 atom stereocenters. The molecule has 1 aliphatic heterocycles. The average molecular weight is 352 g/mol. The van der Waals surface area contributed by atoms with E-state index in [4.69, 9.17) is 10.5 Å². The van der Waals surface area contributed by atoms with Crippen LogP contribution in [0.25, 0.3) is 5.69 Å². The summed E-state index contributed by atoms with van der Waals surface area (Å²) in [5.74, 6) is -0.758. The number of likely N-dealkylation sites (tertiary alicyclic amines) is 1. The lowest BCUT2D eigenvalue weighted by atomic mass is 10.1. The van der Waals surface area contributed by atoms with E-state index in [9.17, 15) is 14.9 Å². The van der Waals surface area contributed by atoms with Gasteiger partial charge in [-0.15, -0.1) is 0 Å². The number of amides is 1. The second-order valence-corrected chi connectivity index (χ2v) is 6.15. The van der Waals surface area contributed by atoms with Crippen LogP contribution in [-0.2, 0) is 4.74 Å². The Labute approximate surface area is 151 Å². The topological polar surface area (TPSA) is 101 Å². The largest absolute Gasteiger partial charge is 0.464 e. The lowest BCUT2D eigenvalue weighted by Gasteiger charge is -2.27. The van der Waals surface area contributed by atoms with Gasteiger partial charge in [-0.1, -0.05) is 12.1 Å². The quantitative estimate of drug-likeness (QED) is 0.854. The van der Waals surface area contributed by atoms with Crippen molar-refractivity contribution in [2.75, 3.05) is 25.9 Å². The van der Waals surface area contributed by atoms with Gasteiger partial charge in [0, 0.05) is 19.3 Å².